The van der Waals surface area contributed by atoms with Crippen molar-refractivity contribution in [2.75, 3.05) is 11.9 Å². The Kier molecular flexibility index (Phi) is 4.28. The molecule has 1 heterocycles. The molecule has 1 aliphatic carbocycles. The lowest BCUT2D eigenvalue weighted by molar-refractivity contribution is 0.0663. The Morgan fingerprint density at radius 3 is 2.56 bits per heavy atom. The van der Waals surface area contributed by atoms with Crippen LogP contribution in [0.2, 0.25) is 0 Å². The van der Waals surface area contributed by atoms with E-state index in [1.165, 1.54) is 38.2 Å². The molecule has 2 rings (SSSR count). The van der Waals surface area contributed by atoms with Crippen LogP contribution in [0.5, 0.6) is 0 Å². The van der Waals surface area contributed by atoms with Crippen LogP contribution in [0.3, 0.4) is 0 Å². The van der Waals surface area contributed by atoms with Crippen molar-refractivity contribution in [1.82, 2.24) is 0 Å². The summed E-state index contributed by atoms with van der Waals surface area (Å²) in [7, 11) is 0. The molecule has 0 saturated heterocycles. The summed E-state index contributed by atoms with van der Waals surface area (Å²) in [6.45, 7) is 3.14. The highest BCUT2D eigenvalue weighted by Gasteiger charge is 2.20. The molecule has 100 valence electrons. The molecule has 0 spiro atoms. The van der Waals surface area contributed by atoms with Gasteiger partial charge in [-0.1, -0.05) is 26.2 Å². The van der Waals surface area contributed by atoms with Gasteiger partial charge in [-0.2, -0.15) is 0 Å². The molecule has 0 bridgehead atoms. The molecule has 0 radical (unpaired) electrons. The predicted molar refractivity (Wildman–Crippen MR) is 69.9 cm³/mol. The molecule has 0 aliphatic heterocycles. The average Bonchev–Trinajstić information content (AvgIpc) is 2.86. The van der Waals surface area contributed by atoms with E-state index in [1.54, 1.807) is 6.07 Å². The molecular weight excluding hydrogens is 230 g/mol. The molecule has 1 aromatic rings. The summed E-state index contributed by atoms with van der Waals surface area (Å²) in [5.74, 6) is 1.12. The van der Waals surface area contributed by atoms with E-state index in [1.807, 2.05) is 0 Å². The van der Waals surface area contributed by atoms with Gasteiger partial charge in [-0.25, -0.2) is 4.79 Å². The van der Waals surface area contributed by atoms with Gasteiger partial charge in [-0.15, -0.1) is 0 Å². The van der Waals surface area contributed by atoms with Gasteiger partial charge < -0.3 is 14.8 Å². The number of hydrogen-bond donors (Lipinski definition) is 2. The highest BCUT2D eigenvalue weighted by molar-refractivity contribution is 5.84. The minimum Gasteiger partial charge on any atom is -0.475 e. The Labute approximate surface area is 107 Å². The van der Waals surface area contributed by atoms with E-state index in [0.717, 1.165) is 12.5 Å². The fourth-order valence-electron chi connectivity index (χ4n) is 2.64. The number of rotatable bonds is 5. The van der Waals surface area contributed by atoms with Gasteiger partial charge in [0.2, 0.25) is 5.76 Å². The zero-order chi connectivity index (χ0) is 13.0. The van der Waals surface area contributed by atoms with Crippen molar-refractivity contribution >= 4 is 11.9 Å². The van der Waals surface area contributed by atoms with Gasteiger partial charge in [0.05, 0.1) is 0 Å². The van der Waals surface area contributed by atoms with Crippen LogP contribution in [0, 0.1) is 11.8 Å². The minimum atomic E-state index is -1.02. The van der Waals surface area contributed by atoms with Crippen LogP contribution < -0.4 is 5.32 Å². The molecule has 1 fully saturated rings. The fraction of sp³-hybridized carbons (Fsp3) is 0.643. The van der Waals surface area contributed by atoms with Crippen LogP contribution in [0.4, 0.5) is 5.88 Å². The molecule has 2 N–H and O–H groups in total. The second-order valence-corrected chi connectivity index (χ2v) is 5.14. The van der Waals surface area contributed by atoms with Crippen molar-refractivity contribution in [3.05, 3.63) is 17.9 Å². The zero-order valence-corrected chi connectivity index (χ0v) is 10.8. The summed E-state index contributed by atoms with van der Waals surface area (Å²) < 4.78 is 5.17. The molecule has 4 heteroatoms. The van der Waals surface area contributed by atoms with Gasteiger partial charge in [0, 0.05) is 12.6 Å². The Morgan fingerprint density at radius 1 is 1.33 bits per heavy atom. The number of carboxylic acids is 1. The largest absolute Gasteiger partial charge is 0.475 e. The Hall–Kier alpha value is -1.45. The molecule has 1 saturated carbocycles. The second-order valence-electron chi connectivity index (χ2n) is 5.14. The SMILES string of the molecule is CCC1CCC(CNc2ccc(C(=O)O)o2)CC1. The molecule has 0 aromatic carbocycles. The maximum absolute atomic E-state index is 10.7. The van der Waals surface area contributed by atoms with Gasteiger partial charge in [0.25, 0.3) is 0 Å². The van der Waals surface area contributed by atoms with Crippen LogP contribution in [-0.2, 0) is 0 Å². The lowest BCUT2D eigenvalue weighted by Gasteiger charge is -2.27. The first-order valence-electron chi connectivity index (χ1n) is 6.76. The topological polar surface area (TPSA) is 62.5 Å². The predicted octanol–water partition coefficient (Wildman–Crippen LogP) is 3.61. The van der Waals surface area contributed by atoms with Gasteiger partial charge in [-0.3, -0.25) is 0 Å². The summed E-state index contributed by atoms with van der Waals surface area (Å²) in [5.41, 5.74) is 0. The lowest BCUT2D eigenvalue weighted by atomic mass is 9.81. The van der Waals surface area contributed by atoms with Gasteiger partial charge in [0.1, 0.15) is 0 Å². The number of carbonyl (C=O) groups is 1. The van der Waals surface area contributed by atoms with Gasteiger partial charge >= 0.3 is 5.97 Å². The number of nitrogens with one attached hydrogen (secondary N) is 1. The van der Waals surface area contributed by atoms with Crippen LogP contribution in [0.25, 0.3) is 0 Å². The third kappa shape index (κ3) is 3.28. The summed E-state index contributed by atoms with van der Waals surface area (Å²) in [5, 5.41) is 11.9. The highest BCUT2D eigenvalue weighted by atomic mass is 16.4. The first kappa shape index (κ1) is 13.0. The third-order valence-electron chi connectivity index (χ3n) is 3.93. The van der Waals surface area contributed by atoms with E-state index in [4.69, 9.17) is 9.52 Å². The van der Waals surface area contributed by atoms with E-state index < -0.39 is 5.97 Å². The van der Waals surface area contributed by atoms with Crippen molar-refractivity contribution < 1.29 is 14.3 Å². The zero-order valence-electron chi connectivity index (χ0n) is 10.8. The molecule has 0 unspecified atom stereocenters. The number of aromatic carboxylic acids is 1. The van der Waals surface area contributed by atoms with Gasteiger partial charge in [-0.05, 0) is 30.7 Å². The molecule has 0 atom stereocenters. The summed E-state index contributed by atoms with van der Waals surface area (Å²) in [4.78, 5) is 10.7. The molecule has 1 aromatic heterocycles. The Morgan fingerprint density at radius 2 is 2.00 bits per heavy atom. The molecule has 1 aliphatic rings. The Balaban J connectivity index is 1.76. The van der Waals surface area contributed by atoms with E-state index >= 15 is 0 Å². The highest BCUT2D eigenvalue weighted by Crippen LogP contribution is 2.30. The smallest absolute Gasteiger partial charge is 0.371 e. The van der Waals surface area contributed by atoms with Crippen LogP contribution in [0.15, 0.2) is 16.5 Å². The molecule has 18 heavy (non-hydrogen) atoms. The first-order chi connectivity index (χ1) is 8.69. The molecule has 4 nitrogen and oxygen atoms in total. The lowest BCUT2D eigenvalue weighted by Crippen LogP contribution is -2.20. The van der Waals surface area contributed by atoms with Crippen molar-refractivity contribution in [3.63, 3.8) is 0 Å². The standard InChI is InChI=1S/C14H21NO3/c1-2-10-3-5-11(6-4-10)9-15-13-8-7-12(18-13)14(16)17/h7-8,10-11,15H,2-6,9H2,1H3,(H,16,17). The van der Waals surface area contributed by atoms with E-state index in [9.17, 15) is 4.79 Å². The van der Waals surface area contributed by atoms with E-state index in [-0.39, 0.29) is 5.76 Å². The van der Waals surface area contributed by atoms with E-state index in [2.05, 4.69) is 12.2 Å². The monoisotopic (exact) mass is 251 g/mol. The van der Waals surface area contributed by atoms with Crippen molar-refractivity contribution in [3.8, 4) is 0 Å². The summed E-state index contributed by atoms with van der Waals surface area (Å²) in [6.07, 6.45) is 6.46. The average molecular weight is 251 g/mol. The van der Waals surface area contributed by atoms with E-state index in [0.29, 0.717) is 11.8 Å². The van der Waals surface area contributed by atoms with Crippen molar-refractivity contribution in [1.29, 1.82) is 0 Å². The van der Waals surface area contributed by atoms with Crippen molar-refractivity contribution in [2.45, 2.75) is 39.0 Å². The minimum absolute atomic E-state index is 0.00723. The normalized spacial score (nSPS) is 23.8. The number of hydrogen-bond acceptors (Lipinski definition) is 3. The van der Waals surface area contributed by atoms with Crippen LogP contribution in [0.1, 0.15) is 49.6 Å². The first-order valence-corrected chi connectivity index (χ1v) is 6.76. The second kappa shape index (κ2) is 5.94. The fourth-order valence-corrected chi connectivity index (χ4v) is 2.64. The number of anilines is 1. The van der Waals surface area contributed by atoms with Gasteiger partial charge in [0.15, 0.2) is 5.88 Å². The number of furan rings is 1. The number of carboxylic acid groups (broad SMARTS) is 1. The maximum Gasteiger partial charge on any atom is 0.371 e. The van der Waals surface area contributed by atoms with Crippen LogP contribution >= 0.6 is 0 Å². The molecular formula is C14H21NO3. The van der Waals surface area contributed by atoms with Crippen molar-refractivity contribution in [2.24, 2.45) is 11.8 Å². The maximum atomic E-state index is 10.7. The molecule has 0 amide bonds. The summed E-state index contributed by atoms with van der Waals surface area (Å²) >= 11 is 0. The van der Waals surface area contributed by atoms with Crippen LogP contribution in [-0.4, -0.2) is 17.6 Å². The Bertz CT molecular complexity index is 391. The summed E-state index contributed by atoms with van der Waals surface area (Å²) in [6, 6.07) is 3.17. The third-order valence-corrected chi connectivity index (χ3v) is 3.93. The quantitative estimate of drug-likeness (QED) is 0.839.